The van der Waals surface area contributed by atoms with E-state index in [9.17, 15) is 9.59 Å². The monoisotopic (exact) mass is 364 g/mol. The number of hydrogen-bond acceptors (Lipinski definition) is 4. The van der Waals surface area contributed by atoms with Crippen LogP contribution in [0.25, 0.3) is 0 Å². The lowest BCUT2D eigenvalue weighted by Gasteiger charge is -2.37. The first-order valence-corrected chi connectivity index (χ1v) is 11.0. The van der Waals surface area contributed by atoms with Crippen molar-refractivity contribution in [1.82, 2.24) is 0 Å². The zero-order valence-electron chi connectivity index (χ0n) is 16.3. The van der Waals surface area contributed by atoms with E-state index in [0.29, 0.717) is 12.8 Å². The Labute approximate surface area is 158 Å². The summed E-state index contributed by atoms with van der Waals surface area (Å²) in [6.07, 6.45) is 17.5. The van der Waals surface area contributed by atoms with E-state index >= 15 is 0 Å². The first kappa shape index (κ1) is 19.7. The van der Waals surface area contributed by atoms with E-state index in [4.69, 9.17) is 9.47 Å². The molecule has 0 radical (unpaired) electrons. The van der Waals surface area contributed by atoms with E-state index in [1.165, 1.54) is 19.3 Å². The third-order valence-electron chi connectivity index (χ3n) is 6.65. The second-order valence-corrected chi connectivity index (χ2v) is 8.91. The van der Waals surface area contributed by atoms with Crippen LogP contribution >= 0.6 is 0 Å². The minimum absolute atomic E-state index is 0.0933. The van der Waals surface area contributed by atoms with Crippen LogP contribution in [-0.4, -0.2) is 24.1 Å². The Kier molecular flexibility index (Phi) is 7.39. The number of carbonyl (C=O) groups is 2. The van der Waals surface area contributed by atoms with E-state index in [0.717, 1.165) is 77.0 Å². The van der Waals surface area contributed by atoms with Crippen molar-refractivity contribution in [3.8, 4) is 0 Å². The lowest BCUT2D eigenvalue weighted by atomic mass is 9.69. The van der Waals surface area contributed by atoms with Gasteiger partial charge >= 0.3 is 11.9 Å². The van der Waals surface area contributed by atoms with Crippen LogP contribution in [0.15, 0.2) is 0 Å². The molecular formula is C22H36O4. The second kappa shape index (κ2) is 9.75. The molecule has 26 heavy (non-hydrogen) atoms. The van der Waals surface area contributed by atoms with Gasteiger partial charge in [-0.2, -0.15) is 0 Å². The van der Waals surface area contributed by atoms with E-state index in [1.54, 1.807) is 0 Å². The molecule has 3 aliphatic rings. The van der Waals surface area contributed by atoms with Gasteiger partial charge in [-0.25, -0.2) is 0 Å². The quantitative estimate of drug-likeness (QED) is 0.587. The summed E-state index contributed by atoms with van der Waals surface area (Å²) in [5, 5.41) is 0. The fraction of sp³-hybridized carbons (Fsp3) is 0.909. The van der Waals surface area contributed by atoms with Crippen LogP contribution < -0.4 is 0 Å². The topological polar surface area (TPSA) is 52.6 Å². The largest absolute Gasteiger partial charge is 0.462 e. The molecule has 3 saturated carbocycles. The van der Waals surface area contributed by atoms with Gasteiger partial charge in [-0.05, 0) is 69.6 Å². The molecule has 0 aromatic carbocycles. The van der Waals surface area contributed by atoms with Crippen LogP contribution in [-0.2, 0) is 19.1 Å². The minimum atomic E-state index is -0.226. The molecule has 0 aromatic heterocycles. The molecular weight excluding hydrogens is 328 g/mol. The summed E-state index contributed by atoms with van der Waals surface area (Å²) in [5.41, 5.74) is -0.226. The van der Waals surface area contributed by atoms with Crippen molar-refractivity contribution in [3.63, 3.8) is 0 Å². The van der Waals surface area contributed by atoms with E-state index in [-0.39, 0.29) is 29.6 Å². The van der Waals surface area contributed by atoms with Gasteiger partial charge in [0.05, 0.1) is 12.8 Å². The summed E-state index contributed by atoms with van der Waals surface area (Å²) in [4.78, 5) is 25.2. The van der Waals surface area contributed by atoms with Crippen molar-refractivity contribution in [1.29, 1.82) is 0 Å². The maximum absolute atomic E-state index is 12.6. The highest BCUT2D eigenvalue weighted by Crippen LogP contribution is 2.43. The molecule has 0 spiro atoms. The summed E-state index contributed by atoms with van der Waals surface area (Å²) in [7, 11) is 0. The highest BCUT2D eigenvalue weighted by molar-refractivity contribution is 5.74. The van der Waals surface area contributed by atoms with E-state index in [2.05, 4.69) is 0 Å². The van der Waals surface area contributed by atoms with Gasteiger partial charge in [0, 0.05) is 0 Å². The standard InChI is InChI=1S/C22H36O4/c23-20(25-18-10-4-1-5-11-18)16-22(14-8-3-9-15-22)17-21(24)26-19-12-6-2-7-13-19/h18-19H,1-17H2. The highest BCUT2D eigenvalue weighted by Gasteiger charge is 2.38. The number of ether oxygens (including phenoxy) is 2. The molecule has 0 bridgehead atoms. The molecule has 4 nitrogen and oxygen atoms in total. The molecule has 4 heteroatoms. The Morgan fingerprint density at radius 3 is 1.42 bits per heavy atom. The molecule has 0 heterocycles. The molecule has 0 aromatic rings. The van der Waals surface area contributed by atoms with Gasteiger partial charge in [0.15, 0.2) is 0 Å². The van der Waals surface area contributed by atoms with Crippen molar-refractivity contribution in [2.45, 2.75) is 121 Å². The van der Waals surface area contributed by atoms with Crippen molar-refractivity contribution in [2.24, 2.45) is 5.41 Å². The highest BCUT2D eigenvalue weighted by atomic mass is 16.5. The molecule has 0 aliphatic heterocycles. The van der Waals surface area contributed by atoms with Crippen molar-refractivity contribution in [3.05, 3.63) is 0 Å². The van der Waals surface area contributed by atoms with E-state index < -0.39 is 0 Å². The molecule has 0 saturated heterocycles. The fourth-order valence-corrected chi connectivity index (χ4v) is 5.15. The predicted octanol–water partition coefficient (Wildman–Crippen LogP) is 5.47. The molecule has 3 fully saturated rings. The fourth-order valence-electron chi connectivity index (χ4n) is 5.15. The van der Waals surface area contributed by atoms with E-state index in [1.807, 2.05) is 0 Å². The van der Waals surface area contributed by atoms with Gasteiger partial charge in [0.25, 0.3) is 0 Å². The Hall–Kier alpha value is -1.06. The smallest absolute Gasteiger partial charge is 0.306 e. The van der Waals surface area contributed by atoms with Crippen LogP contribution in [0.4, 0.5) is 0 Å². The average molecular weight is 365 g/mol. The van der Waals surface area contributed by atoms with Crippen molar-refractivity contribution < 1.29 is 19.1 Å². The Morgan fingerprint density at radius 1 is 0.615 bits per heavy atom. The van der Waals surface area contributed by atoms with Crippen LogP contribution in [0.1, 0.15) is 109 Å². The lowest BCUT2D eigenvalue weighted by Crippen LogP contribution is -2.34. The summed E-state index contributed by atoms with van der Waals surface area (Å²) in [5.74, 6) is -0.187. The maximum atomic E-state index is 12.6. The molecule has 0 N–H and O–H groups in total. The van der Waals surface area contributed by atoms with Crippen LogP contribution in [0.5, 0.6) is 0 Å². The van der Waals surface area contributed by atoms with Crippen LogP contribution in [0.3, 0.4) is 0 Å². The van der Waals surface area contributed by atoms with Gasteiger partial charge in [-0.3, -0.25) is 9.59 Å². The number of hydrogen-bond donors (Lipinski definition) is 0. The SMILES string of the molecule is O=C(CC1(CC(=O)OC2CCCCC2)CCCCC1)OC1CCCCC1. The zero-order chi connectivity index (χ0) is 18.2. The second-order valence-electron chi connectivity index (χ2n) is 8.91. The average Bonchev–Trinajstić information content (AvgIpc) is 2.63. The first-order chi connectivity index (χ1) is 12.7. The Morgan fingerprint density at radius 2 is 1.00 bits per heavy atom. The third kappa shape index (κ3) is 5.99. The molecule has 0 unspecified atom stereocenters. The summed E-state index contributed by atoms with van der Waals surface area (Å²) in [6.45, 7) is 0. The van der Waals surface area contributed by atoms with Crippen molar-refractivity contribution >= 4 is 11.9 Å². The van der Waals surface area contributed by atoms with Gasteiger partial charge in [-0.15, -0.1) is 0 Å². The zero-order valence-corrected chi connectivity index (χ0v) is 16.3. The van der Waals surface area contributed by atoms with Gasteiger partial charge < -0.3 is 9.47 Å². The van der Waals surface area contributed by atoms with Crippen LogP contribution in [0.2, 0.25) is 0 Å². The molecule has 148 valence electrons. The first-order valence-electron chi connectivity index (χ1n) is 11.0. The molecule has 3 rings (SSSR count). The number of carbonyl (C=O) groups excluding carboxylic acids is 2. The van der Waals surface area contributed by atoms with Crippen molar-refractivity contribution in [2.75, 3.05) is 0 Å². The summed E-state index contributed by atoms with van der Waals surface area (Å²) < 4.78 is 11.5. The number of esters is 2. The minimum Gasteiger partial charge on any atom is -0.462 e. The molecule has 0 amide bonds. The normalized spacial score (nSPS) is 24.8. The lowest BCUT2D eigenvalue weighted by molar-refractivity contribution is -0.158. The van der Waals surface area contributed by atoms with Gasteiger partial charge in [0.1, 0.15) is 12.2 Å². The summed E-state index contributed by atoms with van der Waals surface area (Å²) in [6, 6.07) is 0. The third-order valence-corrected chi connectivity index (χ3v) is 6.65. The van der Waals surface area contributed by atoms with Crippen LogP contribution in [0, 0.1) is 5.41 Å². The van der Waals surface area contributed by atoms with Gasteiger partial charge in [-0.1, -0.05) is 32.1 Å². The Bertz CT molecular complexity index is 419. The molecule has 0 atom stereocenters. The Balaban J connectivity index is 1.52. The number of rotatable bonds is 6. The maximum Gasteiger partial charge on any atom is 0.306 e. The van der Waals surface area contributed by atoms with Gasteiger partial charge in [0.2, 0.25) is 0 Å². The predicted molar refractivity (Wildman–Crippen MR) is 101 cm³/mol. The molecule has 3 aliphatic carbocycles. The summed E-state index contributed by atoms with van der Waals surface area (Å²) >= 11 is 0.